The van der Waals surface area contributed by atoms with Gasteiger partial charge in [0.05, 0.1) is 12.2 Å². The molecule has 0 aromatic carbocycles. The SMILES string of the molecule is FC(F)(F)c1ccnc(N2CCCC(COc3ccncc3)C2)c1. The molecule has 0 saturated carbocycles. The number of anilines is 1. The van der Waals surface area contributed by atoms with Gasteiger partial charge in [0.1, 0.15) is 11.6 Å². The fraction of sp³-hybridized carbons (Fsp3) is 0.412. The molecule has 128 valence electrons. The molecule has 0 amide bonds. The average Bonchev–Trinajstić information content (AvgIpc) is 2.60. The number of piperidine rings is 1. The lowest BCUT2D eigenvalue weighted by atomic mass is 9.99. The van der Waals surface area contributed by atoms with Gasteiger partial charge in [0, 0.05) is 37.6 Å². The first kappa shape index (κ1) is 16.5. The molecule has 2 aromatic rings. The van der Waals surface area contributed by atoms with Gasteiger partial charge in [0.25, 0.3) is 0 Å². The molecule has 1 aliphatic heterocycles. The van der Waals surface area contributed by atoms with Gasteiger partial charge in [0.15, 0.2) is 0 Å². The van der Waals surface area contributed by atoms with Gasteiger partial charge in [-0.15, -0.1) is 0 Å². The summed E-state index contributed by atoms with van der Waals surface area (Å²) in [6.07, 6.45) is 2.08. The zero-order chi connectivity index (χ0) is 17.0. The quantitative estimate of drug-likeness (QED) is 0.851. The maximum absolute atomic E-state index is 12.8. The molecule has 3 heterocycles. The Morgan fingerprint density at radius 1 is 1.17 bits per heavy atom. The van der Waals surface area contributed by atoms with E-state index >= 15 is 0 Å². The van der Waals surface area contributed by atoms with E-state index in [0.717, 1.165) is 30.7 Å². The second-order valence-corrected chi connectivity index (χ2v) is 5.85. The van der Waals surface area contributed by atoms with Gasteiger partial charge >= 0.3 is 6.18 Å². The van der Waals surface area contributed by atoms with Crippen LogP contribution in [-0.2, 0) is 6.18 Å². The molecule has 0 N–H and O–H groups in total. The highest BCUT2D eigenvalue weighted by atomic mass is 19.4. The summed E-state index contributed by atoms with van der Waals surface area (Å²) in [7, 11) is 0. The van der Waals surface area contributed by atoms with Gasteiger partial charge in [-0.2, -0.15) is 13.2 Å². The minimum absolute atomic E-state index is 0.253. The highest BCUT2D eigenvalue weighted by Gasteiger charge is 2.31. The van der Waals surface area contributed by atoms with Crippen LogP contribution >= 0.6 is 0 Å². The second kappa shape index (κ2) is 7.07. The third-order valence-electron chi connectivity index (χ3n) is 4.05. The summed E-state index contributed by atoms with van der Waals surface area (Å²) in [6.45, 7) is 1.87. The lowest BCUT2D eigenvalue weighted by Crippen LogP contribution is -2.38. The Balaban J connectivity index is 1.63. The first-order valence-corrected chi connectivity index (χ1v) is 7.83. The Morgan fingerprint density at radius 2 is 1.96 bits per heavy atom. The zero-order valence-corrected chi connectivity index (χ0v) is 13.0. The van der Waals surface area contributed by atoms with Crippen molar-refractivity contribution in [2.24, 2.45) is 5.92 Å². The van der Waals surface area contributed by atoms with E-state index in [-0.39, 0.29) is 5.92 Å². The Morgan fingerprint density at radius 3 is 2.71 bits per heavy atom. The molecule has 1 fully saturated rings. The molecule has 0 bridgehead atoms. The van der Waals surface area contributed by atoms with Crippen molar-refractivity contribution >= 4 is 5.82 Å². The first-order valence-electron chi connectivity index (χ1n) is 7.83. The fourth-order valence-corrected chi connectivity index (χ4v) is 2.83. The number of aromatic nitrogens is 2. The van der Waals surface area contributed by atoms with E-state index in [9.17, 15) is 13.2 Å². The fourth-order valence-electron chi connectivity index (χ4n) is 2.83. The molecule has 1 saturated heterocycles. The van der Waals surface area contributed by atoms with Crippen LogP contribution in [0, 0.1) is 5.92 Å². The number of alkyl halides is 3. The van der Waals surface area contributed by atoms with E-state index in [1.807, 2.05) is 4.90 Å². The van der Waals surface area contributed by atoms with Crippen molar-refractivity contribution in [2.45, 2.75) is 19.0 Å². The van der Waals surface area contributed by atoms with Crippen molar-refractivity contribution in [2.75, 3.05) is 24.6 Å². The van der Waals surface area contributed by atoms with Gasteiger partial charge < -0.3 is 9.64 Å². The van der Waals surface area contributed by atoms with Crippen LogP contribution in [0.4, 0.5) is 19.0 Å². The molecule has 0 aliphatic carbocycles. The molecular weight excluding hydrogens is 319 g/mol. The number of nitrogens with zero attached hydrogens (tertiary/aromatic N) is 3. The Hall–Kier alpha value is -2.31. The van der Waals surface area contributed by atoms with Crippen LogP contribution in [0.3, 0.4) is 0 Å². The molecule has 4 nitrogen and oxygen atoms in total. The molecule has 3 rings (SSSR count). The molecule has 1 atom stereocenters. The maximum Gasteiger partial charge on any atom is 0.416 e. The number of halogens is 3. The van der Waals surface area contributed by atoms with E-state index in [4.69, 9.17) is 4.74 Å². The molecule has 0 radical (unpaired) electrons. The second-order valence-electron chi connectivity index (χ2n) is 5.85. The Kier molecular flexibility index (Phi) is 4.87. The minimum atomic E-state index is -4.35. The number of hydrogen-bond acceptors (Lipinski definition) is 4. The lowest BCUT2D eigenvalue weighted by Gasteiger charge is -2.33. The van der Waals surface area contributed by atoms with E-state index in [1.165, 1.54) is 6.20 Å². The van der Waals surface area contributed by atoms with Gasteiger partial charge in [-0.25, -0.2) is 4.98 Å². The van der Waals surface area contributed by atoms with Crippen molar-refractivity contribution < 1.29 is 17.9 Å². The molecule has 7 heteroatoms. The van der Waals surface area contributed by atoms with E-state index in [0.29, 0.717) is 25.5 Å². The summed E-state index contributed by atoms with van der Waals surface area (Å²) in [4.78, 5) is 9.94. The van der Waals surface area contributed by atoms with Gasteiger partial charge in [-0.05, 0) is 37.1 Å². The molecule has 0 spiro atoms. The van der Waals surface area contributed by atoms with Gasteiger partial charge in [0.2, 0.25) is 0 Å². The number of rotatable bonds is 4. The van der Waals surface area contributed by atoms with Gasteiger partial charge in [-0.1, -0.05) is 0 Å². The molecular formula is C17H18F3N3O. The number of pyridine rings is 2. The Labute approximate surface area is 138 Å². The van der Waals surface area contributed by atoms with Crippen molar-refractivity contribution in [3.05, 3.63) is 48.4 Å². The largest absolute Gasteiger partial charge is 0.493 e. The highest BCUT2D eigenvalue weighted by molar-refractivity contribution is 5.42. The van der Waals surface area contributed by atoms with E-state index in [1.54, 1.807) is 24.5 Å². The van der Waals surface area contributed by atoms with Crippen LogP contribution in [0.1, 0.15) is 18.4 Å². The zero-order valence-electron chi connectivity index (χ0n) is 13.0. The van der Waals surface area contributed by atoms with Gasteiger partial charge in [-0.3, -0.25) is 4.98 Å². The highest BCUT2D eigenvalue weighted by Crippen LogP contribution is 2.31. The molecule has 24 heavy (non-hydrogen) atoms. The lowest BCUT2D eigenvalue weighted by molar-refractivity contribution is -0.137. The van der Waals surface area contributed by atoms with Crippen LogP contribution in [0.25, 0.3) is 0 Å². The van der Waals surface area contributed by atoms with Crippen LogP contribution in [0.2, 0.25) is 0 Å². The summed E-state index contributed by atoms with van der Waals surface area (Å²) in [5, 5.41) is 0. The average molecular weight is 337 g/mol. The third kappa shape index (κ3) is 4.15. The summed E-state index contributed by atoms with van der Waals surface area (Å²) >= 11 is 0. The first-order chi connectivity index (χ1) is 11.5. The minimum Gasteiger partial charge on any atom is -0.493 e. The number of ether oxygens (including phenoxy) is 1. The van der Waals surface area contributed by atoms with Crippen molar-refractivity contribution in [3.63, 3.8) is 0 Å². The standard InChI is InChI=1S/C17H18F3N3O/c18-17(19,20)14-3-8-22-16(10-14)23-9-1-2-13(11-23)12-24-15-4-6-21-7-5-15/h3-8,10,13H,1-2,9,11-12H2. The van der Waals surface area contributed by atoms with Crippen molar-refractivity contribution in [1.82, 2.24) is 9.97 Å². The predicted octanol–water partition coefficient (Wildman–Crippen LogP) is 3.79. The van der Waals surface area contributed by atoms with Crippen LogP contribution in [-0.4, -0.2) is 29.7 Å². The smallest absolute Gasteiger partial charge is 0.416 e. The van der Waals surface area contributed by atoms with E-state index in [2.05, 4.69) is 9.97 Å². The third-order valence-corrected chi connectivity index (χ3v) is 4.05. The predicted molar refractivity (Wildman–Crippen MR) is 83.9 cm³/mol. The monoisotopic (exact) mass is 337 g/mol. The van der Waals surface area contributed by atoms with Crippen molar-refractivity contribution in [1.29, 1.82) is 0 Å². The summed E-state index contributed by atoms with van der Waals surface area (Å²) in [5.74, 6) is 1.38. The maximum atomic E-state index is 12.8. The topological polar surface area (TPSA) is 38.2 Å². The van der Waals surface area contributed by atoms with Crippen LogP contribution in [0.15, 0.2) is 42.9 Å². The molecule has 2 aromatic heterocycles. The normalized spacial score (nSPS) is 18.5. The number of hydrogen-bond donors (Lipinski definition) is 0. The summed E-state index contributed by atoms with van der Waals surface area (Å²) in [5.41, 5.74) is -0.664. The van der Waals surface area contributed by atoms with Crippen LogP contribution < -0.4 is 9.64 Å². The molecule has 1 aliphatic rings. The summed E-state index contributed by atoms with van der Waals surface area (Å²) < 4.78 is 44.3. The van der Waals surface area contributed by atoms with Crippen LogP contribution in [0.5, 0.6) is 5.75 Å². The summed E-state index contributed by atoms with van der Waals surface area (Å²) in [6, 6.07) is 5.69. The van der Waals surface area contributed by atoms with E-state index < -0.39 is 11.7 Å². The molecule has 1 unspecified atom stereocenters. The Bertz CT molecular complexity index is 664. The van der Waals surface area contributed by atoms with Crippen molar-refractivity contribution in [3.8, 4) is 5.75 Å².